The Labute approximate surface area is 106 Å². The SMILES string of the molecule is O=C(NC1(C(F)(F)F)CC1)c1ccc2[nH]cnc2c1. The lowest BCUT2D eigenvalue weighted by atomic mass is 10.1. The number of hydrogen-bond donors (Lipinski definition) is 2. The number of fused-ring (bicyclic) bond motifs is 1. The monoisotopic (exact) mass is 269 g/mol. The molecule has 3 rings (SSSR count). The first kappa shape index (κ1) is 12.0. The summed E-state index contributed by atoms with van der Waals surface area (Å²) in [6.45, 7) is 0. The summed E-state index contributed by atoms with van der Waals surface area (Å²) in [6, 6.07) is 4.56. The summed E-state index contributed by atoms with van der Waals surface area (Å²) in [4.78, 5) is 18.7. The van der Waals surface area contributed by atoms with Crippen LogP contribution in [0.3, 0.4) is 0 Å². The third-order valence-corrected chi connectivity index (χ3v) is 3.33. The second-order valence-electron chi connectivity index (χ2n) is 4.67. The van der Waals surface area contributed by atoms with Gasteiger partial charge in [0.05, 0.1) is 17.4 Å². The van der Waals surface area contributed by atoms with Crippen molar-refractivity contribution in [3.63, 3.8) is 0 Å². The van der Waals surface area contributed by atoms with Gasteiger partial charge < -0.3 is 10.3 Å². The van der Waals surface area contributed by atoms with E-state index in [-0.39, 0.29) is 18.4 Å². The van der Waals surface area contributed by atoms with E-state index in [1.165, 1.54) is 18.5 Å². The lowest BCUT2D eigenvalue weighted by Gasteiger charge is -2.20. The quantitative estimate of drug-likeness (QED) is 0.879. The zero-order valence-electron chi connectivity index (χ0n) is 9.71. The van der Waals surface area contributed by atoms with Gasteiger partial charge >= 0.3 is 6.18 Å². The van der Waals surface area contributed by atoms with Crippen molar-refractivity contribution in [2.45, 2.75) is 24.6 Å². The fourth-order valence-corrected chi connectivity index (χ4v) is 1.97. The Morgan fingerprint density at radius 2 is 2.11 bits per heavy atom. The molecule has 4 nitrogen and oxygen atoms in total. The fraction of sp³-hybridized carbons (Fsp3) is 0.333. The summed E-state index contributed by atoms with van der Waals surface area (Å²) < 4.78 is 38.2. The van der Waals surface area contributed by atoms with E-state index in [4.69, 9.17) is 0 Å². The van der Waals surface area contributed by atoms with Crippen molar-refractivity contribution in [1.82, 2.24) is 15.3 Å². The molecular weight excluding hydrogens is 259 g/mol. The van der Waals surface area contributed by atoms with Gasteiger partial charge in [-0.3, -0.25) is 4.79 Å². The molecule has 1 heterocycles. The van der Waals surface area contributed by atoms with E-state index >= 15 is 0 Å². The first-order valence-electron chi connectivity index (χ1n) is 5.74. The van der Waals surface area contributed by atoms with Crippen LogP contribution in [0, 0.1) is 0 Å². The number of halogens is 3. The molecule has 19 heavy (non-hydrogen) atoms. The lowest BCUT2D eigenvalue weighted by Crippen LogP contribution is -2.47. The summed E-state index contributed by atoms with van der Waals surface area (Å²) in [7, 11) is 0. The van der Waals surface area contributed by atoms with Crippen LogP contribution >= 0.6 is 0 Å². The molecule has 0 bridgehead atoms. The van der Waals surface area contributed by atoms with Crippen LogP contribution in [0.4, 0.5) is 13.2 Å². The molecule has 0 atom stereocenters. The summed E-state index contributed by atoms with van der Waals surface area (Å²) >= 11 is 0. The third kappa shape index (κ3) is 1.94. The average Bonchev–Trinajstić information content (AvgIpc) is 2.99. The molecule has 1 aliphatic carbocycles. The molecule has 1 saturated carbocycles. The summed E-state index contributed by atoms with van der Waals surface area (Å²) in [5.74, 6) is -0.722. The van der Waals surface area contributed by atoms with Gasteiger partial charge in [-0.15, -0.1) is 0 Å². The number of carbonyl (C=O) groups excluding carboxylic acids is 1. The van der Waals surface area contributed by atoms with Crippen LogP contribution in [-0.4, -0.2) is 27.6 Å². The molecular formula is C12H10F3N3O. The molecule has 0 aliphatic heterocycles. The van der Waals surface area contributed by atoms with Crippen molar-refractivity contribution in [2.24, 2.45) is 0 Å². The maximum atomic E-state index is 12.7. The smallest absolute Gasteiger partial charge is 0.345 e. The zero-order valence-corrected chi connectivity index (χ0v) is 9.71. The maximum Gasteiger partial charge on any atom is 0.411 e. The van der Waals surface area contributed by atoms with Crippen molar-refractivity contribution in [3.8, 4) is 0 Å². The maximum absolute atomic E-state index is 12.7. The zero-order chi connectivity index (χ0) is 13.7. The molecule has 1 aliphatic rings. The Kier molecular flexibility index (Phi) is 2.35. The van der Waals surface area contributed by atoms with Gasteiger partial charge in [-0.25, -0.2) is 4.98 Å². The third-order valence-electron chi connectivity index (χ3n) is 3.33. The Bertz CT molecular complexity index is 643. The number of imidazole rings is 1. The summed E-state index contributed by atoms with van der Waals surface area (Å²) in [6.07, 6.45) is -3.07. The molecule has 2 N–H and O–H groups in total. The van der Waals surface area contributed by atoms with Crippen LogP contribution in [0.15, 0.2) is 24.5 Å². The van der Waals surface area contributed by atoms with Crippen LogP contribution in [0.25, 0.3) is 11.0 Å². The minimum Gasteiger partial charge on any atom is -0.345 e. The number of rotatable bonds is 2. The van der Waals surface area contributed by atoms with Crippen molar-refractivity contribution in [1.29, 1.82) is 0 Å². The number of H-pyrrole nitrogens is 1. The van der Waals surface area contributed by atoms with Crippen molar-refractivity contribution in [2.75, 3.05) is 0 Å². The van der Waals surface area contributed by atoms with Crippen molar-refractivity contribution < 1.29 is 18.0 Å². The van der Waals surface area contributed by atoms with E-state index < -0.39 is 17.6 Å². The number of carbonyl (C=O) groups is 1. The van der Waals surface area contributed by atoms with E-state index in [2.05, 4.69) is 15.3 Å². The molecule has 1 aromatic heterocycles. The van der Waals surface area contributed by atoms with Gasteiger partial charge in [-0.05, 0) is 31.0 Å². The number of nitrogens with one attached hydrogen (secondary N) is 2. The molecule has 1 amide bonds. The van der Waals surface area contributed by atoms with E-state index in [1.54, 1.807) is 6.07 Å². The molecule has 0 unspecified atom stereocenters. The standard InChI is InChI=1S/C12H10F3N3O/c13-12(14,15)11(3-4-11)18-10(19)7-1-2-8-9(5-7)17-6-16-8/h1-2,5-6H,3-4H2,(H,16,17)(H,18,19). The summed E-state index contributed by atoms with van der Waals surface area (Å²) in [5, 5.41) is 2.08. The number of aromatic nitrogens is 2. The normalized spacial score (nSPS) is 17.4. The molecule has 100 valence electrons. The first-order valence-corrected chi connectivity index (χ1v) is 5.74. The minimum atomic E-state index is -4.40. The number of nitrogens with zero attached hydrogens (tertiary/aromatic N) is 1. The van der Waals surface area contributed by atoms with E-state index in [0.717, 1.165) is 5.52 Å². The molecule has 1 aromatic carbocycles. The number of amides is 1. The highest BCUT2D eigenvalue weighted by Crippen LogP contribution is 2.49. The molecule has 7 heteroatoms. The van der Waals surface area contributed by atoms with Crippen LogP contribution in [0.1, 0.15) is 23.2 Å². The van der Waals surface area contributed by atoms with E-state index in [0.29, 0.717) is 5.52 Å². The van der Waals surface area contributed by atoms with Gasteiger partial charge in [0.15, 0.2) is 0 Å². The second-order valence-corrected chi connectivity index (χ2v) is 4.67. The Hall–Kier alpha value is -2.05. The Morgan fingerprint density at radius 1 is 1.37 bits per heavy atom. The van der Waals surface area contributed by atoms with E-state index in [9.17, 15) is 18.0 Å². The van der Waals surface area contributed by atoms with Crippen LogP contribution in [0.2, 0.25) is 0 Å². The molecule has 2 aromatic rings. The highest BCUT2D eigenvalue weighted by atomic mass is 19.4. The Balaban J connectivity index is 1.84. The highest BCUT2D eigenvalue weighted by Gasteiger charge is 2.64. The van der Waals surface area contributed by atoms with Crippen molar-refractivity contribution in [3.05, 3.63) is 30.1 Å². The minimum absolute atomic E-state index is 0.0626. The average molecular weight is 269 g/mol. The number of benzene rings is 1. The molecule has 0 spiro atoms. The van der Waals surface area contributed by atoms with Gasteiger partial charge in [-0.1, -0.05) is 0 Å². The van der Waals surface area contributed by atoms with Gasteiger partial charge in [0.2, 0.25) is 0 Å². The number of hydrogen-bond acceptors (Lipinski definition) is 2. The summed E-state index contributed by atoms with van der Waals surface area (Å²) in [5.41, 5.74) is -0.585. The fourth-order valence-electron chi connectivity index (χ4n) is 1.97. The largest absolute Gasteiger partial charge is 0.411 e. The van der Waals surface area contributed by atoms with Crippen LogP contribution < -0.4 is 5.32 Å². The van der Waals surface area contributed by atoms with Crippen LogP contribution in [-0.2, 0) is 0 Å². The van der Waals surface area contributed by atoms with Crippen molar-refractivity contribution >= 4 is 16.9 Å². The molecule has 0 radical (unpaired) electrons. The topological polar surface area (TPSA) is 57.8 Å². The number of alkyl halides is 3. The predicted octanol–water partition coefficient (Wildman–Crippen LogP) is 2.39. The first-order chi connectivity index (χ1) is 8.91. The van der Waals surface area contributed by atoms with Crippen LogP contribution in [0.5, 0.6) is 0 Å². The highest BCUT2D eigenvalue weighted by molar-refractivity contribution is 5.98. The van der Waals surface area contributed by atoms with Gasteiger partial charge in [0.25, 0.3) is 5.91 Å². The molecule has 1 fully saturated rings. The molecule has 0 saturated heterocycles. The van der Waals surface area contributed by atoms with E-state index in [1.807, 2.05) is 0 Å². The number of aromatic amines is 1. The second kappa shape index (κ2) is 3.72. The predicted molar refractivity (Wildman–Crippen MR) is 61.6 cm³/mol. The van der Waals surface area contributed by atoms with Gasteiger partial charge in [0, 0.05) is 5.56 Å². The van der Waals surface area contributed by atoms with Gasteiger partial charge in [-0.2, -0.15) is 13.2 Å². The Morgan fingerprint density at radius 3 is 2.74 bits per heavy atom. The van der Waals surface area contributed by atoms with Gasteiger partial charge in [0.1, 0.15) is 5.54 Å². The lowest BCUT2D eigenvalue weighted by molar-refractivity contribution is -0.163.